The lowest BCUT2D eigenvalue weighted by Gasteiger charge is -2.16. The van der Waals surface area contributed by atoms with Crippen molar-refractivity contribution in [2.75, 3.05) is 76.1 Å². The lowest BCUT2D eigenvalue weighted by atomic mass is 10.0. The summed E-state index contributed by atoms with van der Waals surface area (Å²) in [5.74, 6) is -1.40. The number of hydrogen-bond acceptors (Lipinski definition) is 18. The highest BCUT2D eigenvalue weighted by Crippen LogP contribution is 2.33. The number of nitrogens with one attached hydrogen (secondary N) is 7. The number of thioether (sulfide) groups is 1. The van der Waals surface area contributed by atoms with E-state index in [1.54, 1.807) is 23.0 Å². The summed E-state index contributed by atoms with van der Waals surface area (Å²) in [6, 6.07) is 5.33. The molecular weight excluding hydrogens is 909 g/mol. The van der Waals surface area contributed by atoms with Gasteiger partial charge in [0.1, 0.15) is 11.7 Å². The van der Waals surface area contributed by atoms with Gasteiger partial charge in [-0.2, -0.15) is 16.7 Å². The molecule has 3 aromatic heterocycles. The quantitative estimate of drug-likeness (QED) is 0.0231. The molecule has 10 N–H and O–H groups in total. The molecule has 5 amide bonds. The zero-order chi connectivity index (χ0) is 48.1. The number of ether oxygens (including phenoxy) is 4. The van der Waals surface area contributed by atoms with Gasteiger partial charge < -0.3 is 61.7 Å². The van der Waals surface area contributed by atoms with Crippen molar-refractivity contribution in [1.82, 2.24) is 61.5 Å². The number of urea groups is 1. The molecule has 2 saturated heterocycles. The first-order valence-electron chi connectivity index (χ1n) is 22.3. The number of nitrogen functional groups attached to an aromatic ring is 1. The van der Waals surface area contributed by atoms with E-state index in [0.717, 1.165) is 25.0 Å². The molecule has 26 heteroatoms. The van der Waals surface area contributed by atoms with Crippen molar-refractivity contribution >= 4 is 64.3 Å². The first-order valence-corrected chi connectivity index (χ1v) is 23.4. The van der Waals surface area contributed by atoms with Crippen molar-refractivity contribution in [2.45, 2.75) is 81.6 Å². The van der Waals surface area contributed by atoms with Crippen LogP contribution in [0.2, 0.25) is 0 Å². The van der Waals surface area contributed by atoms with Crippen molar-refractivity contribution in [3.8, 4) is 0 Å². The highest BCUT2D eigenvalue weighted by molar-refractivity contribution is 8.00. The molecule has 2 aliphatic heterocycles. The second-order valence-electron chi connectivity index (χ2n) is 15.7. The lowest BCUT2D eigenvalue weighted by molar-refractivity contribution is -0.139. The van der Waals surface area contributed by atoms with Crippen molar-refractivity contribution in [3.05, 3.63) is 64.0 Å². The third-order valence-electron chi connectivity index (χ3n) is 10.6. The number of nitrogens with two attached hydrogens (primary N) is 1. The third-order valence-corrected chi connectivity index (χ3v) is 12.1. The number of fused-ring (bicyclic) bond motifs is 2. The first kappa shape index (κ1) is 50.9. The number of aromatic amines is 1. The van der Waals surface area contributed by atoms with E-state index in [-0.39, 0.29) is 99.1 Å². The number of carboxylic acid groups (broad SMARTS) is 1. The minimum Gasteiger partial charge on any atom is -0.480 e. The molecule has 0 spiro atoms. The van der Waals surface area contributed by atoms with Gasteiger partial charge >= 0.3 is 12.0 Å². The van der Waals surface area contributed by atoms with Crippen LogP contribution in [0.4, 0.5) is 16.4 Å². The van der Waals surface area contributed by atoms with Gasteiger partial charge in [0.25, 0.3) is 11.5 Å². The van der Waals surface area contributed by atoms with Gasteiger partial charge in [-0.25, -0.2) is 24.2 Å². The number of carbonyl (C=O) groups excluding carboxylic acids is 4. The highest BCUT2D eigenvalue weighted by Gasteiger charge is 2.42. The molecule has 368 valence electrons. The molecule has 5 heterocycles. The molecule has 0 bridgehead atoms. The second-order valence-corrected chi connectivity index (χ2v) is 17.0. The number of amides is 5. The van der Waals surface area contributed by atoms with E-state index in [4.69, 9.17) is 24.7 Å². The van der Waals surface area contributed by atoms with Crippen LogP contribution in [0.5, 0.6) is 0 Å². The predicted octanol–water partition coefficient (Wildman–Crippen LogP) is -0.313. The van der Waals surface area contributed by atoms with E-state index in [2.05, 4.69) is 62.1 Å². The van der Waals surface area contributed by atoms with Gasteiger partial charge in [-0.05, 0) is 43.5 Å². The molecule has 0 saturated carbocycles. The number of aromatic nitrogens is 7. The molecule has 4 atom stereocenters. The van der Waals surface area contributed by atoms with Crippen LogP contribution in [0.15, 0.2) is 41.5 Å². The van der Waals surface area contributed by atoms with Crippen LogP contribution in [-0.4, -0.2) is 158 Å². The van der Waals surface area contributed by atoms with Crippen LogP contribution in [0.25, 0.3) is 11.2 Å². The summed E-state index contributed by atoms with van der Waals surface area (Å²) in [7, 11) is 0. The van der Waals surface area contributed by atoms with E-state index in [1.165, 1.54) is 18.3 Å². The molecule has 2 aliphatic rings. The fourth-order valence-corrected chi connectivity index (χ4v) is 8.67. The minimum atomic E-state index is -1.29. The van der Waals surface area contributed by atoms with Crippen LogP contribution in [0.1, 0.15) is 60.3 Å². The Balaban J connectivity index is 0.716. The maximum Gasteiger partial charge on any atom is 0.326 e. The van der Waals surface area contributed by atoms with Gasteiger partial charge in [-0.3, -0.25) is 24.2 Å². The van der Waals surface area contributed by atoms with Gasteiger partial charge in [-0.1, -0.05) is 11.6 Å². The molecule has 25 nitrogen and oxygen atoms in total. The summed E-state index contributed by atoms with van der Waals surface area (Å²) in [4.78, 5) is 87.5. The summed E-state index contributed by atoms with van der Waals surface area (Å²) < 4.78 is 23.9. The summed E-state index contributed by atoms with van der Waals surface area (Å²) >= 11 is 1.88. The number of nitrogens with zero attached hydrogens (tertiary/aromatic N) is 6. The molecule has 0 aliphatic carbocycles. The van der Waals surface area contributed by atoms with Crippen molar-refractivity contribution in [2.24, 2.45) is 0 Å². The Bertz CT molecular complexity index is 2350. The van der Waals surface area contributed by atoms with E-state index in [0.29, 0.717) is 68.3 Å². The van der Waals surface area contributed by atoms with Crippen LogP contribution in [0.3, 0.4) is 0 Å². The molecule has 68 heavy (non-hydrogen) atoms. The van der Waals surface area contributed by atoms with Gasteiger partial charge in [0.2, 0.25) is 17.8 Å². The molecule has 0 unspecified atom stereocenters. The number of carboxylic acids is 1. The van der Waals surface area contributed by atoms with E-state index >= 15 is 0 Å². The first-order chi connectivity index (χ1) is 33.0. The number of anilines is 2. The molecular formula is C42H58N14O11S. The largest absolute Gasteiger partial charge is 0.480 e. The van der Waals surface area contributed by atoms with Gasteiger partial charge in [-0.15, -0.1) is 5.10 Å². The third kappa shape index (κ3) is 16.7. The Labute approximate surface area is 394 Å². The predicted molar refractivity (Wildman–Crippen MR) is 246 cm³/mol. The maximum absolute atomic E-state index is 12.8. The van der Waals surface area contributed by atoms with Gasteiger partial charge in [0.15, 0.2) is 11.2 Å². The molecule has 6 rings (SSSR count). The van der Waals surface area contributed by atoms with Crippen LogP contribution in [0, 0.1) is 0 Å². The fourth-order valence-electron chi connectivity index (χ4n) is 7.13. The Kier molecular flexibility index (Phi) is 20.0. The summed E-state index contributed by atoms with van der Waals surface area (Å²) in [6.07, 6.45) is 6.17. The zero-order valence-electron chi connectivity index (χ0n) is 37.4. The number of aliphatic carboxylic acids is 1. The summed E-state index contributed by atoms with van der Waals surface area (Å²) in [5, 5.41) is 35.3. The number of unbranched alkanes of at least 4 members (excludes halogenated alkanes) is 1. The minimum absolute atomic E-state index is 0.00838. The Hall–Kier alpha value is -6.48. The van der Waals surface area contributed by atoms with Crippen molar-refractivity contribution < 1.29 is 48.0 Å². The Morgan fingerprint density at radius 1 is 0.882 bits per heavy atom. The number of hydrogen-bond donors (Lipinski definition) is 9. The molecule has 0 radical (unpaired) electrons. The molecule has 1 aromatic carbocycles. The van der Waals surface area contributed by atoms with E-state index in [9.17, 15) is 33.9 Å². The second kappa shape index (κ2) is 26.8. The fraction of sp³-hybridized carbons (Fsp3) is 0.548. The standard InChI is InChI=1S/C42H58N14O11S/c43-41-52-37-36(39(60)53-41)48-28(22-47-37)21-46-27-7-5-26(6-8-27)38(59)49-30(40(61)62)9-10-34(58)45-12-15-65-19-20-67-24-29-23-56(55-54-29)13-16-66-18-17-64-14-11-44-33(57)4-2-1-3-32-35-31(25-68-32)50-42(63)51-35/h5-8,22-23,30-32,35,46H,1-4,9-21,24-25H2,(H,44,57)(H,45,58)(H,49,59)(H,61,62)(H2,50,51,63)(H3,43,47,52,53,60)/t30-,31-,32-,35-/m0/s1. The highest BCUT2D eigenvalue weighted by atomic mass is 32.2. The topological polar surface area (TPSA) is 343 Å². The van der Waals surface area contributed by atoms with Crippen LogP contribution >= 0.6 is 11.8 Å². The lowest BCUT2D eigenvalue weighted by Crippen LogP contribution is -2.41. The van der Waals surface area contributed by atoms with Crippen LogP contribution in [-0.2, 0) is 53.0 Å². The Morgan fingerprint density at radius 2 is 1.60 bits per heavy atom. The van der Waals surface area contributed by atoms with Crippen molar-refractivity contribution in [3.63, 3.8) is 0 Å². The average molecular weight is 967 g/mol. The molecule has 2 fully saturated rings. The average Bonchev–Trinajstić information content (AvgIpc) is 4.05. The van der Waals surface area contributed by atoms with E-state index in [1.807, 2.05) is 11.8 Å². The normalized spacial score (nSPS) is 16.7. The van der Waals surface area contributed by atoms with E-state index < -0.39 is 29.4 Å². The number of benzene rings is 1. The molecule has 4 aromatic rings. The number of rotatable bonds is 31. The number of carbonyl (C=O) groups is 5. The SMILES string of the molecule is Nc1nc2ncc(CNc3ccc(C(=O)N[C@@H](CCC(=O)NCCOCCOCc4cn(CCOCCOCCNC(=O)CCCC[C@@H]5SC[C@@H]6NC(=O)N[C@@H]65)nn4)C(=O)O)cc3)nc2c(=O)[nH]1. The summed E-state index contributed by atoms with van der Waals surface area (Å²) in [6.45, 7) is 3.96. The van der Waals surface area contributed by atoms with Crippen molar-refractivity contribution in [1.29, 1.82) is 0 Å². The Morgan fingerprint density at radius 3 is 2.35 bits per heavy atom. The number of H-pyrrole nitrogens is 1. The smallest absolute Gasteiger partial charge is 0.326 e. The zero-order valence-corrected chi connectivity index (χ0v) is 38.2. The van der Waals surface area contributed by atoms with Gasteiger partial charge in [0.05, 0.1) is 96.1 Å². The van der Waals surface area contributed by atoms with Gasteiger partial charge in [0, 0.05) is 48.2 Å². The monoisotopic (exact) mass is 966 g/mol. The summed E-state index contributed by atoms with van der Waals surface area (Å²) in [5.41, 5.74) is 7.16. The van der Waals surface area contributed by atoms with Crippen LogP contribution < -0.4 is 43.2 Å². The maximum atomic E-state index is 12.8.